The first-order valence-corrected chi connectivity index (χ1v) is 7.64. The van der Waals surface area contributed by atoms with E-state index in [1.807, 2.05) is 24.3 Å². The third-order valence-corrected chi connectivity index (χ3v) is 5.86. The van der Waals surface area contributed by atoms with E-state index in [2.05, 4.69) is 30.7 Å². The zero-order valence-electron chi connectivity index (χ0n) is 13.0. The zero-order chi connectivity index (χ0) is 15.1. The van der Waals surface area contributed by atoms with Gasteiger partial charge in [-0.2, -0.15) is 0 Å². The Morgan fingerprint density at radius 2 is 1.62 bits per heavy atom. The van der Waals surface area contributed by atoms with Gasteiger partial charge in [0.25, 0.3) is 0 Å². The van der Waals surface area contributed by atoms with E-state index in [0.717, 1.165) is 23.9 Å². The van der Waals surface area contributed by atoms with Crippen LogP contribution in [0, 0.1) is 16.7 Å². The molecule has 1 heterocycles. The van der Waals surface area contributed by atoms with E-state index in [0.29, 0.717) is 11.7 Å². The fourth-order valence-corrected chi connectivity index (χ4v) is 3.81. The second kappa shape index (κ2) is 4.90. The van der Waals surface area contributed by atoms with Crippen molar-refractivity contribution in [2.24, 2.45) is 16.7 Å². The van der Waals surface area contributed by atoms with Gasteiger partial charge in [-0.1, -0.05) is 32.9 Å². The molecule has 0 amide bonds. The van der Waals surface area contributed by atoms with Crippen molar-refractivity contribution >= 4 is 16.8 Å². The number of benzene rings is 1. The lowest BCUT2D eigenvalue weighted by molar-refractivity contribution is -0.128. The van der Waals surface area contributed by atoms with Crippen LogP contribution in [0.3, 0.4) is 0 Å². The van der Waals surface area contributed by atoms with E-state index >= 15 is 0 Å². The Balaban J connectivity index is 0.000000126. The van der Waals surface area contributed by atoms with Gasteiger partial charge in [-0.05, 0) is 36.3 Å². The zero-order valence-corrected chi connectivity index (χ0v) is 13.0. The summed E-state index contributed by atoms with van der Waals surface area (Å²) in [5.41, 5.74) is 2.21. The van der Waals surface area contributed by atoms with Crippen LogP contribution in [0.2, 0.25) is 0 Å². The molecular weight excluding hydrogens is 260 g/mol. The highest BCUT2D eigenvalue weighted by molar-refractivity contribution is 5.89. The van der Waals surface area contributed by atoms with E-state index in [-0.39, 0.29) is 10.8 Å². The number of carbonyl (C=O) groups excluding carboxylic acids is 1. The summed E-state index contributed by atoms with van der Waals surface area (Å²) in [7, 11) is 0. The van der Waals surface area contributed by atoms with Gasteiger partial charge in [0.1, 0.15) is 5.78 Å². The van der Waals surface area contributed by atoms with Crippen LogP contribution in [-0.2, 0) is 4.79 Å². The Hall–Kier alpha value is -1.77. The summed E-state index contributed by atoms with van der Waals surface area (Å²) >= 11 is 0. The van der Waals surface area contributed by atoms with Gasteiger partial charge < -0.3 is 0 Å². The predicted molar refractivity (Wildman–Crippen MR) is 83.8 cm³/mol. The molecule has 3 nitrogen and oxygen atoms in total. The molecular formula is C18H22N2O. The number of hydrogen-bond donors (Lipinski definition) is 0. The molecule has 2 fully saturated rings. The summed E-state index contributed by atoms with van der Waals surface area (Å²) < 4.78 is 0. The Bertz CT molecular complexity index is 614. The first kappa shape index (κ1) is 14.2. The minimum Gasteiger partial charge on any atom is -0.299 e. The molecule has 2 saturated carbocycles. The smallest absolute Gasteiger partial charge is 0.139 e. The Morgan fingerprint density at radius 3 is 1.95 bits per heavy atom. The number of aromatic nitrogens is 2. The van der Waals surface area contributed by atoms with Gasteiger partial charge in [-0.15, -0.1) is 0 Å². The normalized spacial score (nSPS) is 29.3. The first-order chi connectivity index (χ1) is 9.95. The summed E-state index contributed by atoms with van der Waals surface area (Å²) in [5.74, 6) is 1.19. The third kappa shape index (κ3) is 2.15. The van der Waals surface area contributed by atoms with Gasteiger partial charge in [0.05, 0.1) is 11.0 Å². The molecule has 0 saturated heterocycles. The Morgan fingerprint density at radius 1 is 1.05 bits per heavy atom. The fraction of sp³-hybridized carbons (Fsp3) is 0.500. The number of hydrogen-bond acceptors (Lipinski definition) is 3. The minimum absolute atomic E-state index is 0.0255. The summed E-state index contributed by atoms with van der Waals surface area (Å²) in [6.45, 7) is 6.67. The molecule has 4 rings (SSSR count). The molecule has 2 aliphatic rings. The second-order valence-electron chi connectivity index (χ2n) is 6.96. The lowest BCUT2D eigenvalue weighted by atomic mass is 9.70. The van der Waals surface area contributed by atoms with E-state index in [4.69, 9.17) is 0 Å². The van der Waals surface area contributed by atoms with Crippen molar-refractivity contribution in [3.05, 3.63) is 36.7 Å². The lowest BCUT2D eigenvalue weighted by Crippen LogP contribution is -2.32. The first-order valence-electron chi connectivity index (χ1n) is 7.64. The van der Waals surface area contributed by atoms with Crippen LogP contribution in [0.15, 0.2) is 36.7 Å². The summed E-state index contributed by atoms with van der Waals surface area (Å²) in [6, 6.07) is 7.80. The van der Waals surface area contributed by atoms with Gasteiger partial charge >= 0.3 is 0 Å². The molecule has 2 bridgehead atoms. The molecule has 2 aliphatic carbocycles. The average Bonchev–Trinajstić information content (AvgIpc) is 2.81. The molecule has 1 aromatic heterocycles. The van der Waals surface area contributed by atoms with Crippen LogP contribution in [0.4, 0.5) is 0 Å². The van der Waals surface area contributed by atoms with E-state index in [9.17, 15) is 4.79 Å². The number of fused-ring (bicyclic) bond motifs is 3. The summed E-state index contributed by atoms with van der Waals surface area (Å²) in [6.07, 6.45) is 6.65. The predicted octanol–water partition coefficient (Wildman–Crippen LogP) is 4.03. The van der Waals surface area contributed by atoms with Crippen LogP contribution >= 0.6 is 0 Å². The molecule has 110 valence electrons. The van der Waals surface area contributed by atoms with Gasteiger partial charge in [0.15, 0.2) is 0 Å². The van der Waals surface area contributed by atoms with Gasteiger partial charge in [-0.3, -0.25) is 14.8 Å². The maximum atomic E-state index is 11.6. The van der Waals surface area contributed by atoms with Crippen molar-refractivity contribution < 1.29 is 4.79 Å². The maximum Gasteiger partial charge on any atom is 0.139 e. The van der Waals surface area contributed by atoms with Gasteiger partial charge in [0, 0.05) is 24.2 Å². The molecule has 1 aromatic carbocycles. The van der Waals surface area contributed by atoms with E-state index in [1.165, 1.54) is 6.42 Å². The summed E-state index contributed by atoms with van der Waals surface area (Å²) in [5, 5.41) is 0. The second-order valence-corrected chi connectivity index (χ2v) is 6.96. The van der Waals surface area contributed by atoms with Crippen molar-refractivity contribution in [1.82, 2.24) is 9.97 Å². The largest absolute Gasteiger partial charge is 0.299 e. The fourth-order valence-electron chi connectivity index (χ4n) is 3.81. The SMILES string of the molecule is CC12CCC(CC1=O)C2(C)C.c1ccc2nccnc2c1. The van der Waals surface area contributed by atoms with Crippen LogP contribution in [0.5, 0.6) is 0 Å². The summed E-state index contributed by atoms with van der Waals surface area (Å²) in [4.78, 5) is 19.8. The van der Waals surface area contributed by atoms with Crippen molar-refractivity contribution in [2.45, 2.75) is 40.0 Å². The van der Waals surface area contributed by atoms with Gasteiger partial charge in [-0.25, -0.2) is 0 Å². The number of rotatable bonds is 0. The van der Waals surface area contributed by atoms with E-state index in [1.54, 1.807) is 12.4 Å². The van der Waals surface area contributed by atoms with Crippen LogP contribution < -0.4 is 0 Å². The molecule has 3 heteroatoms. The molecule has 2 unspecified atom stereocenters. The van der Waals surface area contributed by atoms with Crippen molar-refractivity contribution in [3.63, 3.8) is 0 Å². The van der Waals surface area contributed by atoms with Crippen molar-refractivity contribution in [2.75, 3.05) is 0 Å². The number of ketones is 1. The molecule has 0 radical (unpaired) electrons. The highest BCUT2D eigenvalue weighted by Gasteiger charge is 2.61. The molecule has 0 spiro atoms. The quantitative estimate of drug-likeness (QED) is 0.732. The number of para-hydroxylation sites is 2. The van der Waals surface area contributed by atoms with Crippen LogP contribution in [0.1, 0.15) is 40.0 Å². The number of carbonyl (C=O) groups is 1. The molecule has 0 N–H and O–H groups in total. The standard InChI is InChI=1S/C10H16O.C8H6N2/c1-9(2)7-4-5-10(9,3)8(11)6-7;1-2-4-8-7(3-1)9-5-6-10-8/h7H,4-6H2,1-3H3;1-6H. The third-order valence-electron chi connectivity index (χ3n) is 5.86. The topological polar surface area (TPSA) is 42.9 Å². The van der Waals surface area contributed by atoms with Gasteiger partial charge in [0.2, 0.25) is 0 Å². The number of nitrogens with zero attached hydrogens (tertiary/aromatic N) is 2. The Labute approximate surface area is 125 Å². The number of Topliss-reactive ketones (excluding diaryl/α,β-unsaturated/α-hetero) is 1. The van der Waals surface area contributed by atoms with Crippen LogP contribution in [0.25, 0.3) is 11.0 Å². The maximum absolute atomic E-state index is 11.6. The highest BCUT2D eigenvalue weighted by atomic mass is 16.1. The molecule has 21 heavy (non-hydrogen) atoms. The monoisotopic (exact) mass is 282 g/mol. The minimum atomic E-state index is 0.0255. The average molecular weight is 282 g/mol. The molecule has 0 aliphatic heterocycles. The van der Waals surface area contributed by atoms with E-state index < -0.39 is 0 Å². The van der Waals surface area contributed by atoms with Crippen molar-refractivity contribution in [1.29, 1.82) is 0 Å². The van der Waals surface area contributed by atoms with Crippen molar-refractivity contribution in [3.8, 4) is 0 Å². The Kier molecular flexibility index (Phi) is 3.31. The van der Waals surface area contributed by atoms with Crippen LogP contribution in [-0.4, -0.2) is 15.8 Å². The molecule has 2 atom stereocenters. The lowest BCUT2D eigenvalue weighted by Gasteiger charge is -2.32. The highest BCUT2D eigenvalue weighted by Crippen LogP contribution is 2.63. The molecule has 2 aromatic rings.